The SMILES string of the molecule is COC[C@H](C)NC(=S)N/N=C\c1ccc(OCC(=O)[O-])cc1. The lowest BCUT2D eigenvalue weighted by Gasteiger charge is -2.13. The number of carbonyl (C=O) groups is 1. The molecule has 0 radical (unpaired) electrons. The Kier molecular flexibility index (Phi) is 7.87. The quantitative estimate of drug-likeness (QED) is 0.383. The van der Waals surface area contributed by atoms with Crippen LogP contribution in [0, 0.1) is 0 Å². The third kappa shape index (κ3) is 7.55. The van der Waals surface area contributed by atoms with Gasteiger partial charge in [0, 0.05) is 13.2 Å². The van der Waals surface area contributed by atoms with Crippen molar-refractivity contribution in [3.63, 3.8) is 0 Å². The molecule has 1 atom stereocenters. The minimum absolute atomic E-state index is 0.0837. The molecule has 120 valence electrons. The van der Waals surface area contributed by atoms with Gasteiger partial charge in [0.15, 0.2) is 5.11 Å². The molecular formula is C14H18N3O4S-. The Bertz CT molecular complexity index is 519. The molecule has 0 spiro atoms. The summed E-state index contributed by atoms with van der Waals surface area (Å²) in [5.74, 6) is -0.821. The molecule has 0 aliphatic rings. The van der Waals surface area contributed by atoms with Crippen molar-refractivity contribution in [3.8, 4) is 5.75 Å². The second-order valence-electron chi connectivity index (χ2n) is 4.43. The number of hydrogen-bond acceptors (Lipinski definition) is 6. The zero-order valence-corrected chi connectivity index (χ0v) is 13.2. The van der Waals surface area contributed by atoms with E-state index < -0.39 is 12.6 Å². The first-order valence-corrected chi connectivity index (χ1v) is 6.93. The minimum atomic E-state index is -1.27. The minimum Gasteiger partial charge on any atom is -0.546 e. The fraction of sp³-hybridized carbons (Fsp3) is 0.357. The summed E-state index contributed by atoms with van der Waals surface area (Å²) in [5, 5.41) is 17.7. The van der Waals surface area contributed by atoms with Gasteiger partial charge in [-0.05, 0) is 49.0 Å². The van der Waals surface area contributed by atoms with Crippen molar-refractivity contribution >= 4 is 29.5 Å². The first-order chi connectivity index (χ1) is 10.5. The molecule has 1 rings (SSSR count). The molecule has 7 nitrogen and oxygen atoms in total. The van der Waals surface area contributed by atoms with Gasteiger partial charge in [-0.25, -0.2) is 0 Å². The van der Waals surface area contributed by atoms with E-state index in [4.69, 9.17) is 21.7 Å². The summed E-state index contributed by atoms with van der Waals surface area (Å²) in [5.41, 5.74) is 3.50. The Morgan fingerprint density at radius 2 is 2.14 bits per heavy atom. The highest BCUT2D eigenvalue weighted by Gasteiger charge is 2.01. The molecule has 2 N–H and O–H groups in total. The van der Waals surface area contributed by atoms with Gasteiger partial charge in [0.05, 0.1) is 18.8 Å². The summed E-state index contributed by atoms with van der Waals surface area (Å²) in [4.78, 5) is 10.3. The number of nitrogens with one attached hydrogen (secondary N) is 2. The Morgan fingerprint density at radius 3 is 2.73 bits per heavy atom. The maximum atomic E-state index is 10.3. The third-order valence-electron chi connectivity index (χ3n) is 2.41. The van der Waals surface area contributed by atoms with Gasteiger partial charge < -0.3 is 24.7 Å². The zero-order valence-electron chi connectivity index (χ0n) is 12.4. The number of thiocarbonyl (C=S) groups is 1. The molecule has 0 aromatic heterocycles. The van der Waals surface area contributed by atoms with Crippen LogP contribution in [0.1, 0.15) is 12.5 Å². The lowest BCUT2D eigenvalue weighted by molar-refractivity contribution is -0.307. The average molecular weight is 324 g/mol. The first-order valence-electron chi connectivity index (χ1n) is 6.52. The number of benzene rings is 1. The van der Waals surface area contributed by atoms with Crippen molar-refractivity contribution in [3.05, 3.63) is 29.8 Å². The number of carboxylic acids is 1. The second-order valence-corrected chi connectivity index (χ2v) is 4.84. The highest BCUT2D eigenvalue weighted by molar-refractivity contribution is 7.80. The molecule has 1 aromatic carbocycles. The number of hydrazone groups is 1. The highest BCUT2D eigenvalue weighted by atomic mass is 32.1. The van der Waals surface area contributed by atoms with Gasteiger partial charge in [0.2, 0.25) is 0 Å². The number of carboxylic acid groups (broad SMARTS) is 1. The van der Waals surface area contributed by atoms with Gasteiger partial charge in [0.25, 0.3) is 0 Å². The van der Waals surface area contributed by atoms with Crippen LogP contribution in [0.5, 0.6) is 5.75 Å². The topological polar surface area (TPSA) is 95.0 Å². The van der Waals surface area contributed by atoms with E-state index in [1.165, 1.54) is 0 Å². The predicted molar refractivity (Wildman–Crippen MR) is 84.7 cm³/mol. The lowest BCUT2D eigenvalue weighted by atomic mass is 10.2. The number of ether oxygens (including phenoxy) is 2. The van der Waals surface area contributed by atoms with E-state index >= 15 is 0 Å². The number of methoxy groups -OCH3 is 1. The van der Waals surface area contributed by atoms with Crippen LogP contribution >= 0.6 is 12.2 Å². The summed E-state index contributed by atoms with van der Waals surface area (Å²) in [6.07, 6.45) is 1.58. The fourth-order valence-corrected chi connectivity index (χ4v) is 1.76. The van der Waals surface area contributed by atoms with Crippen LogP contribution in [0.2, 0.25) is 0 Å². The summed E-state index contributed by atoms with van der Waals surface area (Å²) in [6, 6.07) is 6.84. The van der Waals surface area contributed by atoms with E-state index in [9.17, 15) is 9.90 Å². The van der Waals surface area contributed by atoms with Crippen LogP contribution in [-0.2, 0) is 9.53 Å². The Hall–Kier alpha value is -2.19. The highest BCUT2D eigenvalue weighted by Crippen LogP contribution is 2.10. The maximum absolute atomic E-state index is 10.3. The van der Waals surface area contributed by atoms with Gasteiger partial charge in [-0.2, -0.15) is 5.10 Å². The van der Waals surface area contributed by atoms with Gasteiger partial charge in [0.1, 0.15) is 12.4 Å². The zero-order chi connectivity index (χ0) is 16.4. The van der Waals surface area contributed by atoms with Crippen LogP contribution in [0.25, 0.3) is 0 Å². The molecule has 0 fully saturated rings. The Morgan fingerprint density at radius 1 is 1.45 bits per heavy atom. The van der Waals surface area contributed by atoms with Crippen molar-refractivity contribution in [1.29, 1.82) is 0 Å². The van der Waals surface area contributed by atoms with Crippen molar-refractivity contribution in [2.75, 3.05) is 20.3 Å². The van der Waals surface area contributed by atoms with Gasteiger partial charge >= 0.3 is 0 Å². The van der Waals surface area contributed by atoms with Crippen molar-refractivity contribution < 1.29 is 19.4 Å². The van der Waals surface area contributed by atoms with Crippen LogP contribution in [-0.4, -0.2) is 43.7 Å². The summed E-state index contributed by atoms with van der Waals surface area (Å²) in [6.45, 7) is 2.00. The van der Waals surface area contributed by atoms with Crippen LogP contribution in [0.15, 0.2) is 29.4 Å². The van der Waals surface area contributed by atoms with E-state index in [0.717, 1.165) is 5.56 Å². The van der Waals surface area contributed by atoms with Gasteiger partial charge in [-0.1, -0.05) is 0 Å². The van der Waals surface area contributed by atoms with E-state index in [1.54, 1.807) is 37.6 Å². The largest absolute Gasteiger partial charge is 0.546 e. The summed E-state index contributed by atoms with van der Waals surface area (Å²) >= 11 is 5.07. The fourth-order valence-electron chi connectivity index (χ4n) is 1.51. The molecule has 0 unspecified atom stereocenters. The van der Waals surface area contributed by atoms with E-state index in [0.29, 0.717) is 17.5 Å². The van der Waals surface area contributed by atoms with Crippen LogP contribution in [0.4, 0.5) is 0 Å². The molecular weight excluding hydrogens is 306 g/mol. The smallest absolute Gasteiger partial charge is 0.187 e. The third-order valence-corrected chi connectivity index (χ3v) is 2.62. The van der Waals surface area contributed by atoms with Crippen LogP contribution < -0.4 is 20.6 Å². The Labute approximate surface area is 134 Å². The van der Waals surface area contributed by atoms with Gasteiger partial charge in [-0.3, -0.25) is 5.43 Å². The van der Waals surface area contributed by atoms with Crippen molar-refractivity contribution in [2.24, 2.45) is 5.10 Å². The molecule has 22 heavy (non-hydrogen) atoms. The molecule has 1 aromatic rings. The standard InChI is InChI=1S/C14H19N3O4S/c1-10(8-20-2)16-14(22)17-15-7-11-3-5-12(6-4-11)21-9-13(18)19/h3-7,10H,8-9H2,1-2H3,(H,18,19)(H2,16,17,22)/p-1/b15-7-/t10-/m0/s1. The molecule has 8 heteroatoms. The number of hydrogen-bond donors (Lipinski definition) is 2. The molecule has 0 bridgehead atoms. The molecule has 0 heterocycles. The summed E-state index contributed by atoms with van der Waals surface area (Å²) in [7, 11) is 1.62. The molecule has 0 saturated heterocycles. The van der Waals surface area contributed by atoms with Crippen molar-refractivity contribution in [2.45, 2.75) is 13.0 Å². The first kappa shape index (κ1) is 17.9. The number of aliphatic carboxylic acids is 1. The lowest BCUT2D eigenvalue weighted by Crippen LogP contribution is -2.40. The van der Waals surface area contributed by atoms with Crippen molar-refractivity contribution in [1.82, 2.24) is 10.7 Å². The molecule has 0 saturated carbocycles. The maximum Gasteiger partial charge on any atom is 0.187 e. The summed E-state index contributed by atoms with van der Waals surface area (Å²) < 4.78 is 9.95. The second kappa shape index (κ2) is 9.69. The molecule has 0 aliphatic heterocycles. The predicted octanol–water partition coefficient (Wildman–Crippen LogP) is -0.352. The van der Waals surface area contributed by atoms with E-state index in [1.807, 2.05) is 6.92 Å². The Balaban J connectivity index is 2.39. The van der Waals surface area contributed by atoms with Gasteiger partial charge in [-0.15, -0.1) is 0 Å². The number of carbonyl (C=O) groups excluding carboxylic acids is 1. The molecule has 0 aliphatic carbocycles. The van der Waals surface area contributed by atoms with E-state index in [-0.39, 0.29) is 6.04 Å². The average Bonchev–Trinajstić information content (AvgIpc) is 2.46. The number of nitrogens with zero attached hydrogens (tertiary/aromatic N) is 1. The molecule has 0 amide bonds. The number of rotatable bonds is 8. The monoisotopic (exact) mass is 324 g/mol. The van der Waals surface area contributed by atoms with E-state index in [2.05, 4.69) is 15.8 Å². The normalized spacial score (nSPS) is 11.9. The van der Waals surface area contributed by atoms with Crippen LogP contribution in [0.3, 0.4) is 0 Å².